The van der Waals surface area contributed by atoms with Crippen LogP contribution in [0.3, 0.4) is 0 Å². The van der Waals surface area contributed by atoms with Crippen LogP contribution in [0.2, 0.25) is 0 Å². The molecule has 1 saturated heterocycles. The molecule has 1 rings (SSSR count). The minimum Gasteiger partial charge on any atom is -0.394 e. The lowest BCUT2D eigenvalue weighted by atomic mass is 9.98. The van der Waals surface area contributed by atoms with Gasteiger partial charge in [0.05, 0.1) is 25.4 Å². The Balaban J connectivity index is 2.41. The summed E-state index contributed by atoms with van der Waals surface area (Å²) in [6, 6.07) is -1.19. The average molecular weight is 884 g/mol. The van der Waals surface area contributed by atoms with Gasteiger partial charge in [-0.2, -0.15) is 0 Å². The van der Waals surface area contributed by atoms with Crippen LogP contribution in [-0.2, 0) is 14.3 Å². The highest BCUT2D eigenvalue weighted by atomic mass is 16.7. The summed E-state index contributed by atoms with van der Waals surface area (Å²) in [5.74, 6) is -0.708. The number of amides is 1. The number of aliphatic hydroxyl groups is 7. The van der Waals surface area contributed by atoms with E-state index in [1.807, 2.05) is 0 Å². The Bertz CT molecular complexity index is 1060. The minimum absolute atomic E-state index is 0.248. The predicted molar refractivity (Wildman–Crippen MR) is 252 cm³/mol. The van der Waals surface area contributed by atoms with Gasteiger partial charge in [0.15, 0.2) is 6.29 Å². The van der Waals surface area contributed by atoms with Crippen molar-refractivity contribution in [2.75, 3.05) is 13.2 Å². The molecule has 1 fully saturated rings. The minimum atomic E-state index is -1.67. The molecule has 1 aliphatic rings. The van der Waals surface area contributed by atoms with Crippen LogP contribution >= 0.6 is 0 Å². The monoisotopic (exact) mass is 884 g/mol. The number of hydrogen-bond donors (Lipinski definition) is 8. The fraction of sp³-hybridized carbons (Fsp3) is 0.902. The number of carbonyl (C=O) groups is 1. The van der Waals surface area contributed by atoms with E-state index in [0.29, 0.717) is 19.3 Å². The molecule has 8 N–H and O–H groups in total. The molecule has 1 aliphatic heterocycles. The van der Waals surface area contributed by atoms with Gasteiger partial charge >= 0.3 is 0 Å². The summed E-state index contributed by atoms with van der Waals surface area (Å²) in [4.78, 5) is 13.1. The van der Waals surface area contributed by atoms with Crippen molar-refractivity contribution in [2.45, 2.75) is 281 Å². The second-order valence-corrected chi connectivity index (χ2v) is 18.2. The maximum absolute atomic E-state index is 13.1. The second kappa shape index (κ2) is 41.1. The smallest absolute Gasteiger partial charge is 0.249 e. The highest BCUT2D eigenvalue weighted by molar-refractivity contribution is 5.80. The lowest BCUT2D eigenvalue weighted by Gasteiger charge is -2.40. The van der Waals surface area contributed by atoms with E-state index in [4.69, 9.17) is 9.47 Å². The van der Waals surface area contributed by atoms with Gasteiger partial charge in [-0.05, 0) is 51.4 Å². The van der Waals surface area contributed by atoms with Crippen molar-refractivity contribution in [1.29, 1.82) is 0 Å². The molecule has 0 saturated carbocycles. The van der Waals surface area contributed by atoms with Crippen molar-refractivity contribution in [2.24, 2.45) is 0 Å². The van der Waals surface area contributed by atoms with Gasteiger partial charge in [0.25, 0.3) is 0 Å². The molecule has 0 spiro atoms. The van der Waals surface area contributed by atoms with E-state index < -0.39 is 74.2 Å². The first kappa shape index (κ1) is 58.6. The molecule has 9 atom stereocenters. The molecule has 62 heavy (non-hydrogen) atoms. The first-order chi connectivity index (χ1) is 30.2. The number of allylic oxidation sites excluding steroid dienone is 4. The third kappa shape index (κ3) is 29.9. The number of unbranched alkanes of at least 4 members (excludes halogenated alkanes) is 27. The zero-order valence-corrected chi connectivity index (χ0v) is 39.6. The van der Waals surface area contributed by atoms with Gasteiger partial charge in [-0.3, -0.25) is 4.79 Å². The SMILES string of the molecule is CCCCCCCCC/C=C/CC/C=C/CCCC(O)C(O)C(COC1OC(CO)C(O)C(O)C1O)NC(=O)C(O)CCCCCCCCCCCCCCCCCCCCC. The summed E-state index contributed by atoms with van der Waals surface area (Å²) in [6.07, 6.45) is 35.1. The molecule has 0 aromatic rings. The number of carbonyl (C=O) groups excluding carboxylic acids is 1. The largest absolute Gasteiger partial charge is 0.394 e. The zero-order chi connectivity index (χ0) is 45.5. The van der Waals surface area contributed by atoms with Gasteiger partial charge in [0, 0.05) is 0 Å². The normalized spacial score (nSPS) is 21.5. The number of nitrogens with one attached hydrogen (secondary N) is 1. The van der Waals surface area contributed by atoms with Gasteiger partial charge in [-0.15, -0.1) is 0 Å². The van der Waals surface area contributed by atoms with Crippen molar-refractivity contribution in [1.82, 2.24) is 5.32 Å². The lowest BCUT2D eigenvalue weighted by Crippen LogP contribution is -2.60. The van der Waals surface area contributed by atoms with Crippen LogP contribution < -0.4 is 5.32 Å². The number of aliphatic hydroxyl groups excluding tert-OH is 7. The van der Waals surface area contributed by atoms with Gasteiger partial charge in [-0.25, -0.2) is 0 Å². The van der Waals surface area contributed by atoms with E-state index >= 15 is 0 Å². The van der Waals surface area contributed by atoms with Gasteiger partial charge in [0.2, 0.25) is 5.91 Å². The molecule has 1 heterocycles. The van der Waals surface area contributed by atoms with Crippen molar-refractivity contribution < 1.29 is 50.0 Å². The first-order valence-corrected chi connectivity index (χ1v) is 25.7. The summed E-state index contributed by atoms with van der Waals surface area (Å²) >= 11 is 0. The molecule has 0 bridgehead atoms. The van der Waals surface area contributed by atoms with Crippen LogP contribution in [0, 0.1) is 0 Å². The van der Waals surface area contributed by atoms with Crippen molar-refractivity contribution >= 4 is 5.91 Å². The van der Waals surface area contributed by atoms with Crippen molar-refractivity contribution in [3.8, 4) is 0 Å². The lowest BCUT2D eigenvalue weighted by molar-refractivity contribution is -0.303. The van der Waals surface area contributed by atoms with Crippen molar-refractivity contribution in [3.05, 3.63) is 24.3 Å². The molecule has 0 radical (unpaired) electrons. The van der Waals surface area contributed by atoms with Crippen LogP contribution in [0.5, 0.6) is 0 Å². The summed E-state index contributed by atoms with van der Waals surface area (Å²) in [5, 5.41) is 75.8. The van der Waals surface area contributed by atoms with E-state index in [9.17, 15) is 40.5 Å². The quantitative estimate of drug-likeness (QED) is 0.0216. The Morgan fingerprint density at radius 2 is 0.968 bits per heavy atom. The molecular formula is C51H97NO10. The standard InChI is InChI=1S/C51H97NO10/c1-3-5-7-9-11-13-15-17-19-21-22-23-25-27-29-31-33-35-37-39-44(55)50(60)52-42(41-61-51-49(59)48(58)47(57)45(40-53)62-51)46(56)43(54)38-36-34-32-30-28-26-24-20-18-16-14-12-10-8-6-4-2/h20,24,30,32,42-49,51,53-59H,3-19,21-23,25-29,31,33-41H2,1-2H3,(H,52,60)/b24-20+,32-30+. The Morgan fingerprint density at radius 3 is 1.44 bits per heavy atom. The molecule has 0 aliphatic carbocycles. The van der Waals surface area contributed by atoms with Crippen molar-refractivity contribution in [3.63, 3.8) is 0 Å². The molecule has 11 heteroatoms. The number of ether oxygens (including phenoxy) is 2. The summed E-state index contributed by atoms with van der Waals surface area (Å²) in [5.41, 5.74) is 0. The highest BCUT2D eigenvalue weighted by Crippen LogP contribution is 2.23. The predicted octanol–water partition coefficient (Wildman–Crippen LogP) is 9.40. The summed E-state index contributed by atoms with van der Waals surface area (Å²) in [7, 11) is 0. The van der Waals surface area contributed by atoms with Crippen LogP contribution in [0.4, 0.5) is 0 Å². The third-order valence-electron chi connectivity index (χ3n) is 12.5. The molecule has 1 amide bonds. The Labute approximate surface area is 378 Å². The zero-order valence-electron chi connectivity index (χ0n) is 39.6. The van der Waals surface area contributed by atoms with E-state index in [1.165, 1.54) is 141 Å². The second-order valence-electron chi connectivity index (χ2n) is 18.2. The van der Waals surface area contributed by atoms with E-state index in [0.717, 1.165) is 38.5 Å². The summed E-state index contributed by atoms with van der Waals surface area (Å²) < 4.78 is 11.1. The Hall–Kier alpha value is -1.41. The fourth-order valence-corrected chi connectivity index (χ4v) is 8.22. The number of hydrogen-bond acceptors (Lipinski definition) is 10. The van der Waals surface area contributed by atoms with E-state index in [2.05, 4.69) is 43.5 Å². The third-order valence-corrected chi connectivity index (χ3v) is 12.5. The van der Waals surface area contributed by atoms with Gasteiger partial charge < -0.3 is 50.5 Å². The molecule has 11 nitrogen and oxygen atoms in total. The Morgan fingerprint density at radius 1 is 0.548 bits per heavy atom. The van der Waals surface area contributed by atoms with Gasteiger partial charge in [0.1, 0.15) is 36.6 Å². The first-order valence-electron chi connectivity index (χ1n) is 25.7. The molecule has 9 unspecified atom stereocenters. The van der Waals surface area contributed by atoms with Crippen LogP contribution in [0.25, 0.3) is 0 Å². The van der Waals surface area contributed by atoms with Crippen LogP contribution in [-0.4, -0.2) is 110 Å². The molecule has 0 aromatic carbocycles. The maximum Gasteiger partial charge on any atom is 0.249 e. The van der Waals surface area contributed by atoms with E-state index in [-0.39, 0.29) is 12.8 Å². The van der Waals surface area contributed by atoms with E-state index in [1.54, 1.807) is 0 Å². The van der Waals surface area contributed by atoms with Gasteiger partial charge in [-0.1, -0.05) is 199 Å². The highest BCUT2D eigenvalue weighted by Gasteiger charge is 2.44. The number of rotatable bonds is 43. The topological polar surface area (TPSA) is 189 Å². The molecule has 0 aromatic heterocycles. The molecular weight excluding hydrogens is 787 g/mol. The van der Waals surface area contributed by atoms with Crippen LogP contribution in [0.1, 0.15) is 226 Å². The Kier molecular flexibility index (Phi) is 38.8. The average Bonchev–Trinajstić information content (AvgIpc) is 3.27. The summed E-state index contributed by atoms with van der Waals surface area (Å²) in [6.45, 7) is 3.43. The fourth-order valence-electron chi connectivity index (χ4n) is 8.22. The maximum atomic E-state index is 13.1. The molecule has 366 valence electrons. The van der Waals surface area contributed by atoms with Crippen LogP contribution in [0.15, 0.2) is 24.3 Å².